The van der Waals surface area contributed by atoms with Crippen LogP contribution in [-0.2, 0) is 0 Å². The van der Waals surface area contributed by atoms with Crippen LogP contribution < -0.4 is 0 Å². The van der Waals surface area contributed by atoms with Gasteiger partial charge in [-0.25, -0.2) is 4.98 Å². The highest BCUT2D eigenvalue weighted by molar-refractivity contribution is 5.81. The van der Waals surface area contributed by atoms with Crippen molar-refractivity contribution in [1.82, 2.24) is 19.7 Å². The second-order valence-corrected chi connectivity index (χ2v) is 6.19. The largest absolute Gasteiger partial charge is 0.459 e. The molecule has 4 aromatic rings. The van der Waals surface area contributed by atoms with Gasteiger partial charge in [-0.2, -0.15) is 4.98 Å². The van der Waals surface area contributed by atoms with Crippen LogP contribution in [0.15, 0.2) is 51.9 Å². The Balaban J connectivity index is 1.52. The smallest absolute Gasteiger partial charge is 0.293 e. The lowest BCUT2D eigenvalue weighted by atomic mass is 10.1. The van der Waals surface area contributed by atoms with Crippen molar-refractivity contribution in [2.75, 3.05) is 0 Å². The van der Waals surface area contributed by atoms with E-state index < -0.39 is 0 Å². The van der Waals surface area contributed by atoms with E-state index in [1.54, 1.807) is 18.4 Å². The van der Waals surface area contributed by atoms with Gasteiger partial charge in [0, 0.05) is 11.6 Å². The number of benzene rings is 1. The highest BCUT2D eigenvalue weighted by Gasteiger charge is 2.19. The molecule has 5 rings (SSSR count). The molecule has 1 aromatic carbocycles. The molecular weight excluding hydrogens is 304 g/mol. The lowest BCUT2D eigenvalue weighted by Gasteiger charge is -2.11. The molecule has 6 nitrogen and oxygen atoms in total. The molecule has 3 aromatic heterocycles. The van der Waals surface area contributed by atoms with Gasteiger partial charge in [-0.05, 0) is 43.2 Å². The molecule has 6 heteroatoms. The van der Waals surface area contributed by atoms with Crippen LogP contribution in [0.2, 0.25) is 0 Å². The molecule has 3 heterocycles. The molecule has 120 valence electrons. The fourth-order valence-electron chi connectivity index (χ4n) is 3.49. The minimum absolute atomic E-state index is 0.381. The van der Waals surface area contributed by atoms with Crippen LogP contribution in [0.25, 0.3) is 34.1 Å². The van der Waals surface area contributed by atoms with Gasteiger partial charge in [0.05, 0.1) is 23.6 Å². The first-order valence-corrected chi connectivity index (χ1v) is 8.23. The number of imidazole rings is 1. The maximum absolute atomic E-state index is 5.29. The molecule has 0 saturated heterocycles. The second-order valence-electron chi connectivity index (χ2n) is 6.19. The molecule has 1 aliphatic rings. The maximum atomic E-state index is 5.29. The Morgan fingerprint density at radius 2 is 2.04 bits per heavy atom. The van der Waals surface area contributed by atoms with Gasteiger partial charge < -0.3 is 13.5 Å². The van der Waals surface area contributed by atoms with E-state index in [-0.39, 0.29) is 0 Å². The minimum atomic E-state index is 0.381. The van der Waals surface area contributed by atoms with Crippen LogP contribution in [0.1, 0.15) is 31.7 Å². The van der Waals surface area contributed by atoms with E-state index in [0.29, 0.717) is 23.5 Å². The molecule has 0 unspecified atom stereocenters. The average molecular weight is 320 g/mol. The van der Waals surface area contributed by atoms with Gasteiger partial charge in [0.1, 0.15) is 0 Å². The van der Waals surface area contributed by atoms with Crippen molar-refractivity contribution in [3.05, 3.63) is 42.9 Å². The van der Waals surface area contributed by atoms with Gasteiger partial charge in [-0.15, -0.1) is 0 Å². The molecule has 1 fully saturated rings. The van der Waals surface area contributed by atoms with Crippen molar-refractivity contribution in [2.24, 2.45) is 0 Å². The van der Waals surface area contributed by atoms with E-state index in [4.69, 9.17) is 8.94 Å². The van der Waals surface area contributed by atoms with Crippen LogP contribution >= 0.6 is 0 Å². The van der Waals surface area contributed by atoms with Gasteiger partial charge in [-0.3, -0.25) is 0 Å². The summed E-state index contributed by atoms with van der Waals surface area (Å²) >= 11 is 0. The van der Waals surface area contributed by atoms with E-state index in [1.165, 1.54) is 31.2 Å². The first-order valence-electron chi connectivity index (χ1n) is 8.23. The maximum Gasteiger partial charge on any atom is 0.293 e. The van der Waals surface area contributed by atoms with Gasteiger partial charge in [0.2, 0.25) is 5.82 Å². The van der Waals surface area contributed by atoms with E-state index in [9.17, 15) is 0 Å². The fraction of sp³-hybridized carbons (Fsp3) is 0.278. The summed E-state index contributed by atoms with van der Waals surface area (Å²) in [5, 5.41) is 4.05. The summed E-state index contributed by atoms with van der Waals surface area (Å²) < 4.78 is 12.9. The van der Waals surface area contributed by atoms with Gasteiger partial charge in [0.15, 0.2) is 5.76 Å². The third-order valence-corrected chi connectivity index (χ3v) is 4.71. The van der Waals surface area contributed by atoms with Crippen LogP contribution in [0.5, 0.6) is 0 Å². The fourth-order valence-corrected chi connectivity index (χ4v) is 3.49. The zero-order valence-corrected chi connectivity index (χ0v) is 13.1. The summed E-state index contributed by atoms with van der Waals surface area (Å²) in [4.78, 5) is 8.97. The zero-order chi connectivity index (χ0) is 15.9. The Labute approximate surface area is 138 Å². The summed E-state index contributed by atoms with van der Waals surface area (Å²) in [6.07, 6.45) is 8.63. The summed E-state index contributed by atoms with van der Waals surface area (Å²) in [7, 11) is 0. The summed E-state index contributed by atoms with van der Waals surface area (Å²) in [5.74, 6) is 1.49. The first-order chi connectivity index (χ1) is 11.9. The second kappa shape index (κ2) is 5.33. The van der Waals surface area contributed by atoms with Crippen molar-refractivity contribution >= 4 is 11.0 Å². The standard InChI is InChI=1S/C18H16N4O2/c1-2-5-13(4-1)22-11-19-14-10-12(7-8-15(14)22)17-20-18(24-21-17)16-6-3-9-23-16/h3,6-11,13H,1-2,4-5H2. The lowest BCUT2D eigenvalue weighted by Crippen LogP contribution is -2.02. The number of rotatable bonds is 3. The number of nitrogens with zero attached hydrogens (tertiary/aromatic N) is 4. The zero-order valence-electron chi connectivity index (χ0n) is 13.1. The summed E-state index contributed by atoms with van der Waals surface area (Å²) in [6.45, 7) is 0. The van der Waals surface area contributed by atoms with Crippen LogP contribution in [0.3, 0.4) is 0 Å². The van der Waals surface area contributed by atoms with Crippen LogP contribution in [0.4, 0.5) is 0 Å². The van der Waals surface area contributed by atoms with E-state index in [0.717, 1.165) is 11.1 Å². The monoisotopic (exact) mass is 320 g/mol. The Hall–Kier alpha value is -2.89. The van der Waals surface area contributed by atoms with Crippen molar-refractivity contribution in [3.8, 4) is 23.0 Å². The molecule has 0 radical (unpaired) electrons. The van der Waals surface area contributed by atoms with Gasteiger partial charge >= 0.3 is 0 Å². The number of fused-ring (bicyclic) bond motifs is 1. The molecule has 0 amide bonds. The molecule has 24 heavy (non-hydrogen) atoms. The summed E-state index contributed by atoms with van der Waals surface area (Å²) in [6, 6.07) is 10.3. The first kappa shape index (κ1) is 13.5. The number of aromatic nitrogens is 4. The van der Waals surface area contributed by atoms with Crippen LogP contribution in [0, 0.1) is 0 Å². The van der Waals surface area contributed by atoms with Gasteiger partial charge in [0.25, 0.3) is 5.89 Å². The van der Waals surface area contributed by atoms with E-state index >= 15 is 0 Å². The number of furan rings is 1. The minimum Gasteiger partial charge on any atom is -0.459 e. The third kappa shape index (κ3) is 2.14. The molecule has 0 spiro atoms. The third-order valence-electron chi connectivity index (χ3n) is 4.71. The SMILES string of the molecule is c1coc(-c2nc(-c3ccc4c(c3)ncn4C3CCCC3)no2)c1. The normalized spacial score (nSPS) is 15.5. The Kier molecular flexibility index (Phi) is 3.01. The van der Waals surface area contributed by atoms with Crippen molar-refractivity contribution < 1.29 is 8.94 Å². The Morgan fingerprint density at radius 3 is 2.88 bits per heavy atom. The molecule has 0 N–H and O–H groups in total. The van der Waals surface area contributed by atoms with E-state index in [1.807, 2.05) is 18.5 Å². The molecular formula is C18H16N4O2. The lowest BCUT2D eigenvalue weighted by molar-refractivity contribution is 0.417. The highest BCUT2D eigenvalue weighted by Crippen LogP contribution is 2.33. The predicted molar refractivity (Wildman–Crippen MR) is 88.2 cm³/mol. The van der Waals surface area contributed by atoms with Crippen LogP contribution in [-0.4, -0.2) is 19.7 Å². The topological polar surface area (TPSA) is 69.9 Å². The van der Waals surface area contributed by atoms with E-state index in [2.05, 4.69) is 25.8 Å². The Bertz CT molecular complexity index is 978. The van der Waals surface area contributed by atoms with Crippen molar-refractivity contribution in [2.45, 2.75) is 31.7 Å². The van der Waals surface area contributed by atoms with Crippen molar-refractivity contribution in [1.29, 1.82) is 0 Å². The molecule has 1 aliphatic carbocycles. The number of hydrogen-bond acceptors (Lipinski definition) is 5. The van der Waals surface area contributed by atoms with Crippen molar-refractivity contribution in [3.63, 3.8) is 0 Å². The number of hydrogen-bond donors (Lipinski definition) is 0. The molecule has 0 atom stereocenters. The molecule has 1 saturated carbocycles. The predicted octanol–water partition coefficient (Wildman–Crippen LogP) is 4.46. The quantitative estimate of drug-likeness (QED) is 0.557. The molecule has 0 bridgehead atoms. The Morgan fingerprint density at radius 1 is 1.12 bits per heavy atom. The highest BCUT2D eigenvalue weighted by atomic mass is 16.5. The summed E-state index contributed by atoms with van der Waals surface area (Å²) in [5.41, 5.74) is 3.02. The molecule has 0 aliphatic heterocycles. The average Bonchev–Trinajstić information content (AvgIpc) is 3.41. The van der Waals surface area contributed by atoms with Gasteiger partial charge in [-0.1, -0.05) is 18.0 Å².